The molecule has 1 aromatic heterocycles. The fourth-order valence-corrected chi connectivity index (χ4v) is 2.82. The third-order valence-electron chi connectivity index (χ3n) is 4.06. The summed E-state index contributed by atoms with van der Waals surface area (Å²) in [6.07, 6.45) is 5.20. The predicted octanol–water partition coefficient (Wildman–Crippen LogP) is 5.02. The average Bonchev–Trinajstić information content (AvgIpc) is 3.13. The number of carbonyl (C=O) groups is 1. The molecule has 0 aliphatic rings. The Morgan fingerprint density at radius 2 is 1.73 bits per heavy atom. The van der Waals surface area contributed by atoms with Gasteiger partial charge in [-0.1, -0.05) is 66.7 Å². The fourth-order valence-electron chi connectivity index (χ4n) is 2.82. The Hall–Kier alpha value is -3.66. The van der Waals surface area contributed by atoms with Gasteiger partial charge in [0.1, 0.15) is 5.58 Å². The number of nitrogens with zero attached hydrogens (tertiary/aromatic N) is 1. The molecule has 1 heterocycles. The van der Waals surface area contributed by atoms with Gasteiger partial charge < -0.3 is 4.42 Å². The number of hydrogen-bond donors (Lipinski definition) is 1. The van der Waals surface area contributed by atoms with Crippen LogP contribution in [0.2, 0.25) is 0 Å². The second-order valence-electron chi connectivity index (χ2n) is 5.80. The van der Waals surface area contributed by atoms with E-state index >= 15 is 0 Å². The number of hydrogen-bond acceptors (Lipinski definition) is 3. The molecule has 4 aromatic rings. The van der Waals surface area contributed by atoms with E-state index in [1.54, 1.807) is 12.1 Å². The molecule has 26 heavy (non-hydrogen) atoms. The Kier molecular flexibility index (Phi) is 4.31. The van der Waals surface area contributed by atoms with Gasteiger partial charge in [-0.2, -0.15) is 5.10 Å². The van der Waals surface area contributed by atoms with Gasteiger partial charge in [0.15, 0.2) is 5.76 Å². The zero-order valence-electron chi connectivity index (χ0n) is 13.9. The van der Waals surface area contributed by atoms with E-state index in [4.69, 9.17) is 4.42 Å². The minimum Gasteiger partial charge on any atom is -0.451 e. The monoisotopic (exact) mass is 340 g/mol. The topological polar surface area (TPSA) is 54.6 Å². The van der Waals surface area contributed by atoms with E-state index in [0.717, 1.165) is 21.7 Å². The highest BCUT2D eigenvalue weighted by Gasteiger charge is 2.13. The highest BCUT2D eigenvalue weighted by molar-refractivity contribution is 6.08. The third kappa shape index (κ3) is 3.26. The Morgan fingerprint density at radius 3 is 2.62 bits per heavy atom. The van der Waals surface area contributed by atoms with Gasteiger partial charge in [0.2, 0.25) is 0 Å². The first kappa shape index (κ1) is 15.8. The molecule has 1 amide bonds. The van der Waals surface area contributed by atoms with Gasteiger partial charge in [0, 0.05) is 11.6 Å². The standard InChI is InChI=1S/C22H16N2O2/c25-22(24-23-14-6-9-16-7-2-1-3-8-16)21-15-19-18-11-5-4-10-17(18)12-13-20(19)26-21/h1-15H,(H,24,25)/b9-6-,23-14?. The molecule has 4 heteroatoms. The Morgan fingerprint density at radius 1 is 0.923 bits per heavy atom. The highest BCUT2D eigenvalue weighted by atomic mass is 16.3. The van der Waals surface area contributed by atoms with Crippen LogP contribution < -0.4 is 5.43 Å². The molecule has 0 unspecified atom stereocenters. The molecule has 4 nitrogen and oxygen atoms in total. The van der Waals surface area contributed by atoms with Gasteiger partial charge in [-0.25, -0.2) is 5.43 Å². The van der Waals surface area contributed by atoms with Gasteiger partial charge in [-0.15, -0.1) is 0 Å². The molecule has 126 valence electrons. The molecule has 1 N–H and O–H groups in total. The quantitative estimate of drug-likeness (QED) is 0.419. The van der Waals surface area contributed by atoms with Crippen LogP contribution >= 0.6 is 0 Å². The van der Waals surface area contributed by atoms with Crippen molar-refractivity contribution in [3.8, 4) is 0 Å². The second-order valence-corrected chi connectivity index (χ2v) is 5.80. The van der Waals surface area contributed by atoms with Crippen LogP contribution in [0.4, 0.5) is 0 Å². The van der Waals surface area contributed by atoms with Crippen LogP contribution in [0.3, 0.4) is 0 Å². The third-order valence-corrected chi connectivity index (χ3v) is 4.06. The summed E-state index contributed by atoms with van der Waals surface area (Å²) in [5, 5.41) is 7.01. The van der Waals surface area contributed by atoms with Gasteiger partial charge >= 0.3 is 5.91 Å². The first-order valence-electron chi connectivity index (χ1n) is 8.28. The van der Waals surface area contributed by atoms with E-state index in [1.807, 2.05) is 72.8 Å². The zero-order chi connectivity index (χ0) is 17.8. The molecular formula is C22H16N2O2. The Labute approximate surface area is 150 Å². The van der Waals surface area contributed by atoms with Crippen molar-refractivity contribution in [1.29, 1.82) is 0 Å². The number of nitrogens with one attached hydrogen (secondary N) is 1. The zero-order valence-corrected chi connectivity index (χ0v) is 13.9. The van der Waals surface area contributed by atoms with Crippen molar-refractivity contribution in [2.45, 2.75) is 0 Å². The predicted molar refractivity (Wildman–Crippen MR) is 105 cm³/mol. The molecule has 4 rings (SSSR count). The summed E-state index contributed by atoms with van der Waals surface area (Å²) in [4.78, 5) is 12.2. The molecule has 0 spiro atoms. The summed E-state index contributed by atoms with van der Waals surface area (Å²) in [5.74, 6) is -0.143. The summed E-state index contributed by atoms with van der Waals surface area (Å²) in [6.45, 7) is 0. The molecule has 0 radical (unpaired) electrons. The van der Waals surface area contributed by atoms with Gasteiger partial charge in [-0.3, -0.25) is 4.79 Å². The number of hydrazone groups is 1. The largest absolute Gasteiger partial charge is 0.451 e. The highest BCUT2D eigenvalue weighted by Crippen LogP contribution is 2.28. The summed E-state index contributed by atoms with van der Waals surface area (Å²) >= 11 is 0. The van der Waals surface area contributed by atoms with Gasteiger partial charge in [0.25, 0.3) is 0 Å². The first-order valence-corrected chi connectivity index (χ1v) is 8.28. The molecule has 0 bridgehead atoms. The van der Waals surface area contributed by atoms with E-state index in [1.165, 1.54) is 6.21 Å². The van der Waals surface area contributed by atoms with Crippen LogP contribution in [-0.4, -0.2) is 12.1 Å². The number of fused-ring (bicyclic) bond motifs is 3. The first-order chi connectivity index (χ1) is 12.8. The lowest BCUT2D eigenvalue weighted by molar-refractivity contribution is 0.0929. The summed E-state index contributed by atoms with van der Waals surface area (Å²) in [7, 11) is 0. The van der Waals surface area contributed by atoms with Crippen molar-refractivity contribution < 1.29 is 9.21 Å². The van der Waals surface area contributed by atoms with E-state index < -0.39 is 0 Å². The maximum absolute atomic E-state index is 12.2. The van der Waals surface area contributed by atoms with Crippen LogP contribution in [0.5, 0.6) is 0 Å². The van der Waals surface area contributed by atoms with Crippen LogP contribution in [0.1, 0.15) is 16.1 Å². The Bertz CT molecular complexity index is 1120. The lowest BCUT2D eigenvalue weighted by Crippen LogP contribution is -2.16. The normalized spacial score (nSPS) is 11.7. The number of rotatable bonds is 4. The summed E-state index contributed by atoms with van der Waals surface area (Å²) < 4.78 is 5.66. The van der Waals surface area contributed by atoms with Crippen molar-refractivity contribution in [3.05, 3.63) is 90.2 Å². The molecule has 0 saturated carbocycles. The van der Waals surface area contributed by atoms with Crippen LogP contribution in [-0.2, 0) is 0 Å². The van der Waals surface area contributed by atoms with Gasteiger partial charge in [0.05, 0.1) is 0 Å². The second kappa shape index (κ2) is 7.07. The van der Waals surface area contributed by atoms with E-state index in [2.05, 4.69) is 10.5 Å². The number of allylic oxidation sites excluding steroid dienone is 1. The van der Waals surface area contributed by atoms with Crippen LogP contribution in [0, 0.1) is 0 Å². The number of furan rings is 1. The minimum atomic E-state index is -0.380. The van der Waals surface area contributed by atoms with Crippen molar-refractivity contribution in [1.82, 2.24) is 5.43 Å². The maximum atomic E-state index is 12.2. The fraction of sp³-hybridized carbons (Fsp3) is 0. The summed E-state index contributed by atoms with van der Waals surface area (Å²) in [6, 6.07) is 23.5. The van der Waals surface area contributed by atoms with Gasteiger partial charge in [-0.05, 0) is 34.5 Å². The molecule has 0 saturated heterocycles. The smallest absolute Gasteiger partial charge is 0.307 e. The number of benzene rings is 3. The van der Waals surface area contributed by atoms with Crippen molar-refractivity contribution in [2.24, 2.45) is 5.10 Å². The number of carbonyl (C=O) groups excluding carboxylic acids is 1. The molecule has 0 fully saturated rings. The summed E-state index contributed by atoms with van der Waals surface area (Å²) in [5.41, 5.74) is 4.23. The van der Waals surface area contributed by atoms with Crippen molar-refractivity contribution in [3.63, 3.8) is 0 Å². The number of amides is 1. The molecule has 0 aliphatic carbocycles. The molecule has 3 aromatic carbocycles. The molecule has 0 aliphatic heterocycles. The van der Waals surface area contributed by atoms with Crippen molar-refractivity contribution in [2.75, 3.05) is 0 Å². The SMILES string of the molecule is O=C(NN=C/C=C\c1ccccc1)c1cc2c(ccc3ccccc32)o1. The van der Waals surface area contributed by atoms with Crippen LogP contribution in [0.15, 0.2) is 88.4 Å². The minimum absolute atomic E-state index is 0.237. The molecular weight excluding hydrogens is 324 g/mol. The van der Waals surface area contributed by atoms with Crippen LogP contribution in [0.25, 0.3) is 27.8 Å². The maximum Gasteiger partial charge on any atom is 0.307 e. The average molecular weight is 340 g/mol. The van der Waals surface area contributed by atoms with E-state index in [0.29, 0.717) is 5.58 Å². The lowest BCUT2D eigenvalue weighted by Gasteiger charge is -1.96. The Balaban J connectivity index is 1.49. The lowest BCUT2D eigenvalue weighted by atomic mass is 10.1. The molecule has 0 atom stereocenters. The van der Waals surface area contributed by atoms with Crippen molar-refractivity contribution >= 4 is 39.9 Å². The van der Waals surface area contributed by atoms with E-state index in [9.17, 15) is 4.79 Å². The van der Waals surface area contributed by atoms with E-state index in [-0.39, 0.29) is 11.7 Å².